The minimum atomic E-state index is -0.428. The SMILES string of the molecule is Cc1cc2ncn(CC3CCN(C(=O)C4(c5ccccc5)CCOCC4)CC3)c2cc1C. The third-order valence-electron chi connectivity index (χ3n) is 7.68. The molecule has 2 fully saturated rings. The van der Waals surface area contributed by atoms with Crippen LogP contribution < -0.4 is 0 Å². The van der Waals surface area contributed by atoms with Gasteiger partial charge in [0.1, 0.15) is 0 Å². The zero-order valence-corrected chi connectivity index (χ0v) is 19.2. The van der Waals surface area contributed by atoms with Crippen LogP contribution in [0.1, 0.15) is 42.4 Å². The number of piperidine rings is 1. The molecular weight excluding hydrogens is 398 g/mol. The molecule has 2 aliphatic rings. The lowest BCUT2D eigenvalue weighted by molar-refractivity contribution is -0.142. The number of fused-ring (bicyclic) bond motifs is 1. The fourth-order valence-corrected chi connectivity index (χ4v) is 5.46. The highest BCUT2D eigenvalue weighted by Crippen LogP contribution is 2.38. The molecule has 2 saturated heterocycles. The van der Waals surface area contributed by atoms with Crippen LogP contribution in [-0.4, -0.2) is 46.7 Å². The first-order valence-corrected chi connectivity index (χ1v) is 11.9. The number of aryl methyl sites for hydroxylation is 2. The van der Waals surface area contributed by atoms with Crippen LogP contribution in [0.3, 0.4) is 0 Å². The van der Waals surface area contributed by atoms with Gasteiger partial charge in [-0.15, -0.1) is 0 Å². The van der Waals surface area contributed by atoms with E-state index in [4.69, 9.17) is 4.74 Å². The summed E-state index contributed by atoms with van der Waals surface area (Å²) in [5.74, 6) is 0.866. The average molecular weight is 432 g/mol. The Hall–Kier alpha value is -2.66. The van der Waals surface area contributed by atoms with Gasteiger partial charge >= 0.3 is 0 Å². The summed E-state index contributed by atoms with van der Waals surface area (Å²) in [4.78, 5) is 20.5. The number of hydrogen-bond acceptors (Lipinski definition) is 3. The Labute approximate surface area is 190 Å². The second-order valence-corrected chi connectivity index (χ2v) is 9.62. The van der Waals surface area contributed by atoms with Crippen molar-refractivity contribution in [2.75, 3.05) is 26.3 Å². The number of benzene rings is 2. The van der Waals surface area contributed by atoms with E-state index >= 15 is 0 Å². The van der Waals surface area contributed by atoms with E-state index in [0.717, 1.165) is 56.4 Å². The van der Waals surface area contributed by atoms with E-state index in [1.165, 1.54) is 16.6 Å². The maximum atomic E-state index is 13.8. The lowest BCUT2D eigenvalue weighted by Gasteiger charge is -2.42. The van der Waals surface area contributed by atoms with E-state index in [1.807, 2.05) is 24.5 Å². The average Bonchev–Trinajstić information content (AvgIpc) is 3.21. The molecule has 2 aromatic carbocycles. The van der Waals surface area contributed by atoms with Crippen molar-refractivity contribution in [2.24, 2.45) is 5.92 Å². The van der Waals surface area contributed by atoms with Crippen molar-refractivity contribution in [3.63, 3.8) is 0 Å². The second-order valence-electron chi connectivity index (χ2n) is 9.62. The summed E-state index contributed by atoms with van der Waals surface area (Å²) >= 11 is 0. The third kappa shape index (κ3) is 3.83. The maximum absolute atomic E-state index is 13.8. The molecule has 3 heterocycles. The summed E-state index contributed by atoms with van der Waals surface area (Å²) in [6.07, 6.45) is 5.61. The Morgan fingerprint density at radius 2 is 1.75 bits per heavy atom. The third-order valence-corrected chi connectivity index (χ3v) is 7.68. The number of likely N-dealkylation sites (tertiary alicyclic amines) is 1. The van der Waals surface area contributed by atoms with Crippen LogP contribution in [-0.2, 0) is 21.5 Å². The van der Waals surface area contributed by atoms with Gasteiger partial charge in [0.15, 0.2) is 0 Å². The monoisotopic (exact) mass is 431 g/mol. The molecule has 2 aliphatic heterocycles. The number of rotatable bonds is 4. The molecule has 5 rings (SSSR count). The van der Waals surface area contributed by atoms with Crippen LogP contribution in [0.15, 0.2) is 48.8 Å². The molecule has 0 unspecified atom stereocenters. The minimum absolute atomic E-state index is 0.296. The Morgan fingerprint density at radius 1 is 1.06 bits per heavy atom. The van der Waals surface area contributed by atoms with Gasteiger partial charge in [0, 0.05) is 32.8 Å². The zero-order chi connectivity index (χ0) is 22.1. The van der Waals surface area contributed by atoms with E-state index in [2.05, 4.69) is 52.6 Å². The molecule has 0 atom stereocenters. The van der Waals surface area contributed by atoms with Crippen LogP contribution in [0.25, 0.3) is 11.0 Å². The van der Waals surface area contributed by atoms with Crippen molar-refractivity contribution in [3.8, 4) is 0 Å². The van der Waals surface area contributed by atoms with Crippen LogP contribution in [0, 0.1) is 19.8 Å². The Balaban J connectivity index is 1.28. The summed E-state index contributed by atoms with van der Waals surface area (Å²) in [5, 5.41) is 0. The van der Waals surface area contributed by atoms with Gasteiger partial charge in [0.25, 0.3) is 0 Å². The molecule has 0 spiro atoms. The molecule has 0 bridgehead atoms. The van der Waals surface area contributed by atoms with E-state index in [-0.39, 0.29) is 0 Å². The number of carbonyl (C=O) groups excluding carboxylic acids is 1. The van der Waals surface area contributed by atoms with Crippen molar-refractivity contribution in [1.82, 2.24) is 14.5 Å². The number of ether oxygens (including phenoxy) is 1. The molecule has 0 N–H and O–H groups in total. The number of hydrogen-bond donors (Lipinski definition) is 0. The van der Waals surface area contributed by atoms with Gasteiger partial charge in [-0.2, -0.15) is 0 Å². The number of imidazole rings is 1. The largest absolute Gasteiger partial charge is 0.381 e. The quantitative estimate of drug-likeness (QED) is 0.605. The van der Waals surface area contributed by atoms with Crippen molar-refractivity contribution in [1.29, 1.82) is 0 Å². The van der Waals surface area contributed by atoms with E-state index in [1.54, 1.807) is 0 Å². The molecular formula is C27H33N3O2. The molecule has 32 heavy (non-hydrogen) atoms. The van der Waals surface area contributed by atoms with Crippen molar-refractivity contribution in [3.05, 3.63) is 65.5 Å². The van der Waals surface area contributed by atoms with Crippen LogP contribution >= 0.6 is 0 Å². The molecule has 1 aromatic heterocycles. The molecule has 5 nitrogen and oxygen atoms in total. The van der Waals surface area contributed by atoms with E-state index in [9.17, 15) is 4.79 Å². The van der Waals surface area contributed by atoms with Crippen LogP contribution in [0.4, 0.5) is 0 Å². The first-order valence-electron chi connectivity index (χ1n) is 11.9. The Morgan fingerprint density at radius 3 is 2.47 bits per heavy atom. The summed E-state index contributed by atoms with van der Waals surface area (Å²) in [7, 11) is 0. The highest BCUT2D eigenvalue weighted by Gasteiger charge is 2.44. The van der Waals surface area contributed by atoms with Gasteiger partial charge in [0.05, 0.1) is 22.8 Å². The summed E-state index contributed by atoms with van der Waals surface area (Å²) in [5.41, 5.74) is 5.60. The van der Waals surface area contributed by atoms with Gasteiger partial charge in [-0.25, -0.2) is 4.98 Å². The smallest absolute Gasteiger partial charge is 0.233 e. The van der Waals surface area contributed by atoms with Crippen LogP contribution in [0.2, 0.25) is 0 Å². The molecule has 0 radical (unpaired) electrons. The fraction of sp³-hybridized carbons (Fsp3) is 0.481. The van der Waals surface area contributed by atoms with Crippen molar-refractivity contribution >= 4 is 16.9 Å². The molecule has 5 heteroatoms. The van der Waals surface area contributed by atoms with Crippen molar-refractivity contribution in [2.45, 2.75) is 51.5 Å². The fourth-order valence-electron chi connectivity index (χ4n) is 5.46. The highest BCUT2D eigenvalue weighted by molar-refractivity contribution is 5.88. The first kappa shape index (κ1) is 21.2. The minimum Gasteiger partial charge on any atom is -0.381 e. The number of aromatic nitrogens is 2. The van der Waals surface area contributed by atoms with E-state index in [0.29, 0.717) is 25.0 Å². The van der Waals surface area contributed by atoms with Gasteiger partial charge in [0.2, 0.25) is 5.91 Å². The predicted octanol–water partition coefficient (Wildman–Crippen LogP) is 4.64. The summed E-state index contributed by atoms with van der Waals surface area (Å²) < 4.78 is 7.93. The normalized spacial score (nSPS) is 19.4. The highest BCUT2D eigenvalue weighted by atomic mass is 16.5. The lowest BCUT2D eigenvalue weighted by Crippen LogP contribution is -2.52. The van der Waals surface area contributed by atoms with Gasteiger partial charge < -0.3 is 14.2 Å². The standard InChI is InChI=1S/C27H33N3O2/c1-20-16-24-25(17-21(20)2)30(19-28-24)18-22-8-12-29(13-9-22)26(31)27(10-14-32-15-11-27)23-6-4-3-5-7-23/h3-7,16-17,19,22H,8-15,18H2,1-2H3. The summed E-state index contributed by atoms with van der Waals surface area (Å²) in [6.45, 7) is 8.26. The van der Waals surface area contributed by atoms with Gasteiger partial charge in [-0.1, -0.05) is 30.3 Å². The van der Waals surface area contributed by atoms with Crippen LogP contribution in [0.5, 0.6) is 0 Å². The lowest BCUT2D eigenvalue weighted by atomic mass is 9.72. The number of nitrogens with zero attached hydrogens (tertiary/aromatic N) is 3. The van der Waals surface area contributed by atoms with E-state index < -0.39 is 5.41 Å². The molecule has 0 aliphatic carbocycles. The van der Waals surface area contributed by atoms with Gasteiger partial charge in [-0.05, 0) is 74.3 Å². The first-order chi connectivity index (χ1) is 15.6. The zero-order valence-electron chi connectivity index (χ0n) is 19.2. The molecule has 1 amide bonds. The Kier molecular flexibility index (Phi) is 5.76. The topological polar surface area (TPSA) is 47.4 Å². The second kappa shape index (κ2) is 8.70. The molecule has 168 valence electrons. The Bertz CT molecular complexity index is 1090. The summed E-state index contributed by atoms with van der Waals surface area (Å²) in [6, 6.07) is 14.8. The predicted molar refractivity (Wildman–Crippen MR) is 127 cm³/mol. The van der Waals surface area contributed by atoms with Crippen molar-refractivity contribution < 1.29 is 9.53 Å². The number of amides is 1. The van der Waals surface area contributed by atoms with Gasteiger partial charge in [-0.3, -0.25) is 4.79 Å². The number of carbonyl (C=O) groups is 1. The molecule has 0 saturated carbocycles. The maximum Gasteiger partial charge on any atom is 0.233 e. The molecule has 3 aromatic rings.